The van der Waals surface area contributed by atoms with E-state index >= 15 is 0 Å². The van der Waals surface area contributed by atoms with E-state index in [1.165, 1.54) is 17.7 Å². The molecule has 3 rings (SSSR count). The van der Waals surface area contributed by atoms with Crippen LogP contribution in [0.15, 0.2) is 29.2 Å². The van der Waals surface area contributed by atoms with Gasteiger partial charge in [-0.05, 0) is 63.1 Å². The van der Waals surface area contributed by atoms with Gasteiger partial charge in [-0.25, -0.2) is 0 Å². The number of rotatable bonds is 5. The lowest BCUT2D eigenvalue weighted by molar-refractivity contribution is -0.163. The van der Waals surface area contributed by atoms with Crippen LogP contribution >= 0.6 is 11.8 Å². The van der Waals surface area contributed by atoms with Gasteiger partial charge in [0.15, 0.2) is 0 Å². The highest BCUT2D eigenvalue weighted by molar-refractivity contribution is 7.98. The molecule has 1 heterocycles. The summed E-state index contributed by atoms with van der Waals surface area (Å²) in [5.41, 5.74) is 0.587. The van der Waals surface area contributed by atoms with Crippen molar-refractivity contribution in [2.45, 2.75) is 62.4 Å². The summed E-state index contributed by atoms with van der Waals surface area (Å²) < 4.78 is 6.17. The van der Waals surface area contributed by atoms with Gasteiger partial charge in [-0.2, -0.15) is 0 Å². The number of piperidine rings is 1. The minimum atomic E-state index is -0.531. The number of esters is 1. The molecule has 1 saturated heterocycles. The summed E-state index contributed by atoms with van der Waals surface area (Å²) in [5.74, 6) is 0.767. The van der Waals surface area contributed by atoms with Gasteiger partial charge in [0.2, 0.25) is 0 Å². The summed E-state index contributed by atoms with van der Waals surface area (Å²) in [6, 6.07) is 8.56. The van der Waals surface area contributed by atoms with Crippen LogP contribution in [0.4, 0.5) is 0 Å². The molecular formula is C22H33NO2S. The fourth-order valence-corrected chi connectivity index (χ4v) is 5.14. The van der Waals surface area contributed by atoms with E-state index in [0.717, 1.165) is 37.9 Å². The van der Waals surface area contributed by atoms with Crippen molar-refractivity contribution < 1.29 is 9.53 Å². The van der Waals surface area contributed by atoms with Crippen molar-refractivity contribution in [2.24, 2.45) is 11.8 Å². The molecule has 1 aliphatic heterocycles. The Labute approximate surface area is 162 Å². The topological polar surface area (TPSA) is 29.5 Å². The largest absolute Gasteiger partial charge is 0.461 e. The molecule has 0 spiro atoms. The molecule has 3 unspecified atom stereocenters. The molecule has 26 heavy (non-hydrogen) atoms. The third kappa shape index (κ3) is 3.96. The minimum absolute atomic E-state index is 0.0114. The zero-order chi connectivity index (χ0) is 18.7. The Balaban J connectivity index is 1.83. The molecule has 3 atom stereocenters. The van der Waals surface area contributed by atoms with Crippen molar-refractivity contribution in [3.8, 4) is 0 Å². The van der Waals surface area contributed by atoms with Crippen LogP contribution in [0.25, 0.3) is 0 Å². The van der Waals surface area contributed by atoms with Crippen molar-refractivity contribution in [1.29, 1.82) is 0 Å². The lowest BCUT2D eigenvalue weighted by Crippen LogP contribution is -2.47. The molecule has 144 valence electrons. The maximum absolute atomic E-state index is 13.5. The smallest absolute Gasteiger partial charge is 0.316 e. The lowest BCUT2D eigenvalue weighted by atomic mass is 9.70. The average molecular weight is 376 g/mol. The van der Waals surface area contributed by atoms with Gasteiger partial charge in [0.1, 0.15) is 6.10 Å². The van der Waals surface area contributed by atoms with E-state index in [1.54, 1.807) is 11.8 Å². The van der Waals surface area contributed by atoms with E-state index in [1.807, 2.05) is 0 Å². The number of carbonyl (C=O) groups excluding carboxylic acids is 1. The molecule has 0 N–H and O–H groups in total. The lowest BCUT2D eigenvalue weighted by Gasteiger charge is -2.39. The van der Waals surface area contributed by atoms with Gasteiger partial charge in [-0.3, -0.25) is 4.79 Å². The van der Waals surface area contributed by atoms with E-state index in [0.29, 0.717) is 11.8 Å². The predicted molar refractivity (Wildman–Crippen MR) is 109 cm³/mol. The first-order valence-corrected chi connectivity index (χ1v) is 11.2. The monoisotopic (exact) mass is 375 g/mol. The number of hydrogen-bond acceptors (Lipinski definition) is 4. The van der Waals surface area contributed by atoms with Crippen molar-refractivity contribution in [2.75, 3.05) is 26.4 Å². The van der Waals surface area contributed by atoms with Crippen LogP contribution in [-0.4, -0.2) is 43.4 Å². The highest BCUT2D eigenvalue weighted by Gasteiger charge is 2.46. The molecule has 0 amide bonds. The number of carbonyl (C=O) groups is 1. The van der Waals surface area contributed by atoms with E-state index < -0.39 is 5.41 Å². The number of benzene rings is 1. The molecular weight excluding hydrogens is 342 g/mol. The Hall–Kier alpha value is -1.00. The summed E-state index contributed by atoms with van der Waals surface area (Å²) in [5, 5.41) is 0. The molecule has 1 aromatic carbocycles. The third-order valence-corrected chi connectivity index (χ3v) is 7.32. The first kappa shape index (κ1) is 19.8. The van der Waals surface area contributed by atoms with E-state index in [2.05, 4.69) is 56.3 Å². The summed E-state index contributed by atoms with van der Waals surface area (Å²) in [4.78, 5) is 17.0. The number of nitrogens with zero attached hydrogens (tertiary/aromatic N) is 1. The predicted octanol–water partition coefficient (Wildman–Crippen LogP) is 4.74. The molecule has 1 saturated carbocycles. The molecule has 4 heteroatoms. The van der Waals surface area contributed by atoms with Crippen molar-refractivity contribution in [3.05, 3.63) is 29.8 Å². The first-order chi connectivity index (χ1) is 12.4. The molecule has 1 aliphatic carbocycles. The number of likely N-dealkylation sites (tertiary alicyclic amines) is 1. The molecule has 0 aromatic heterocycles. The van der Waals surface area contributed by atoms with Crippen LogP contribution in [0.2, 0.25) is 0 Å². The Bertz CT molecular complexity index is 611. The fourth-order valence-electron chi connectivity index (χ4n) is 4.73. The molecule has 0 radical (unpaired) electrons. The van der Waals surface area contributed by atoms with Crippen molar-refractivity contribution in [1.82, 2.24) is 4.90 Å². The summed E-state index contributed by atoms with van der Waals surface area (Å²) in [7, 11) is 2.14. The van der Waals surface area contributed by atoms with Gasteiger partial charge in [0.25, 0.3) is 0 Å². The second-order valence-corrected chi connectivity index (χ2v) is 9.26. The Morgan fingerprint density at radius 3 is 2.42 bits per heavy atom. The zero-order valence-electron chi connectivity index (χ0n) is 16.7. The fraction of sp³-hybridized carbons (Fsp3) is 0.682. The maximum atomic E-state index is 13.5. The second kappa shape index (κ2) is 8.35. The van der Waals surface area contributed by atoms with Gasteiger partial charge in [0, 0.05) is 23.9 Å². The van der Waals surface area contributed by atoms with Crippen LogP contribution < -0.4 is 0 Å². The van der Waals surface area contributed by atoms with Gasteiger partial charge >= 0.3 is 5.97 Å². The van der Waals surface area contributed by atoms with Gasteiger partial charge in [-0.15, -0.1) is 11.8 Å². The first-order valence-electron chi connectivity index (χ1n) is 9.99. The third-order valence-electron chi connectivity index (χ3n) is 6.57. The molecule has 0 bridgehead atoms. The maximum Gasteiger partial charge on any atom is 0.316 e. The number of hydrogen-bond donors (Lipinski definition) is 0. The van der Waals surface area contributed by atoms with E-state index in [4.69, 9.17) is 4.74 Å². The molecule has 2 aliphatic rings. The standard InChI is InChI=1S/C22H33NO2S/c1-16-15-23(3)14-13-20(16)25-21(24)22(2,17-7-5-6-8-17)18-9-11-19(26-4)12-10-18/h9-12,16-17,20H,5-8,13-15H2,1-4H3. The summed E-state index contributed by atoms with van der Waals surface area (Å²) >= 11 is 1.74. The van der Waals surface area contributed by atoms with Crippen LogP contribution in [0, 0.1) is 11.8 Å². The Morgan fingerprint density at radius 2 is 1.85 bits per heavy atom. The molecule has 2 fully saturated rings. The van der Waals surface area contributed by atoms with Crippen molar-refractivity contribution in [3.63, 3.8) is 0 Å². The highest BCUT2D eigenvalue weighted by Crippen LogP contribution is 2.44. The zero-order valence-corrected chi connectivity index (χ0v) is 17.5. The Morgan fingerprint density at radius 1 is 1.19 bits per heavy atom. The van der Waals surface area contributed by atoms with Gasteiger partial charge < -0.3 is 9.64 Å². The Kier molecular flexibility index (Phi) is 6.34. The number of thioether (sulfide) groups is 1. The summed E-state index contributed by atoms with van der Waals surface area (Å²) in [6.45, 7) is 6.33. The SMILES string of the molecule is CSc1ccc(C(C)(C(=O)OC2CCN(C)CC2C)C2CCCC2)cc1. The quantitative estimate of drug-likeness (QED) is 0.549. The van der Waals surface area contributed by atoms with Crippen LogP contribution in [-0.2, 0) is 14.9 Å². The average Bonchev–Trinajstić information content (AvgIpc) is 3.18. The molecule has 3 nitrogen and oxygen atoms in total. The van der Waals surface area contributed by atoms with Crippen molar-refractivity contribution >= 4 is 17.7 Å². The second-order valence-electron chi connectivity index (χ2n) is 8.38. The normalized spacial score (nSPS) is 27.2. The van der Waals surface area contributed by atoms with Crippen LogP contribution in [0.1, 0.15) is 51.5 Å². The highest BCUT2D eigenvalue weighted by atomic mass is 32.2. The van der Waals surface area contributed by atoms with Gasteiger partial charge in [-0.1, -0.05) is 31.9 Å². The molecule has 1 aromatic rings. The van der Waals surface area contributed by atoms with Gasteiger partial charge in [0.05, 0.1) is 5.41 Å². The minimum Gasteiger partial charge on any atom is -0.461 e. The summed E-state index contributed by atoms with van der Waals surface area (Å²) in [6.07, 6.45) is 7.76. The van der Waals surface area contributed by atoms with E-state index in [-0.39, 0.29) is 12.1 Å². The van der Waals surface area contributed by atoms with E-state index in [9.17, 15) is 4.79 Å². The van der Waals surface area contributed by atoms with Crippen LogP contribution in [0.3, 0.4) is 0 Å². The number of ether oxygens (including phenoxy) is 1. The van der Waals surface area contributed by atoms with Crippen LogP contribution in [0.5, 0.6) is 0 Å².